The number of nitrogens with two attached hydrogens (primary N) is 1. The van der Waals surface area contributed by atoms with Crippen molar-refractivity contribution >= 4 is 11.6 Å². The van der Waals surface area contributed by atoms with Crippen LogP contribution in [0, 0.1) is 5.82 Å². The fourth-order valence-corrected chi connectivity index (χ4v) is 1.15. The van der Waals surface area contributed by atoms with Crippen LogP contribution in [0.4, 0.5) is 4.39 Å². The van der Waals surface area contributed by atoms with Crippen molar-refractivity contribution in [3.63, 3.8) is 0 Å². The van der Waals surface area contributed by atoms with Gasteiger partial charge in [0.05, 0.1) is 0 Å². The minimum absolute atomic E-state index is 0.234. The first-order valence-corrected chi connectivity index (χ1v) is 3.83. The van der Waals surface area contributed by atoms with E-state index in [-0.39, 0.29) is 5.02 Å². The minimum Gasteiger partial charge on any atom is -0.505 e. The molecular weight excluding hydrogens is 181 g/mol. The van der Waals surface area contributed by atoms with E-state index in [1.54, 1.807) is 6.92 Å². The van der Waals surface area contributed by atoms with Crippen LogP contribution in [-0.2, 0) is 0 Å². The Hall–Kier alpha value is -0.800. The van der Waals surface area contributed by atoms with E-state index >= 15 is 0 Å². The third-order valence-electron chi connectivity index (χ3n) is 1.55. The quantitative estimate of drug-likeness (QED) is 0.712. The van der Waals surface area contributed by atoms with Gasteiger partial charge in [-0.1, -0.05) is 11.6 Å². The molecule has 66 valence electrons. The minimum atomic E-state index is -0.741. The van der Waals surface area contributed by atoms with Gasteiger partial charge in [-0.15, -0.1) is 0 Å². The van der Waals surface area contributed by atoms with Crippen molar-refractivity contribution < 1.29 is 9.50 Å². The third kappa shape index (κ3) is 1.68. The van der Waals surface area contributed by atoms with Crippen molar-refractivity contribution in [3.8, 4) is 5.75 Å². The fourth-order valence-electron chi connectivity index (χ4n) is 0.933. The van der Waals surface area contributed by atoms with E-state index < -0.39 is 17.6 Å². The van der Waals surface area contributed by atoms with Crippen LogP contribution in [0.1, 0.15) is 18.5 Å². The van der Waals surface area contributed by atoms with E-state index in [9.17, 15) is 9.50 Å². The zero-order valence-corrected chi connectivity index (χ0v) is 7.27. The standard InChI is InChI=1S/C8H9ClFNO/c1-4(11)6-2-5(9)3-7(10)8(6)12/h2-4,12H,11H2,1H3/t4-/m1/s1. The molecule has 2 nitrogen and oxygen atoms in total. The van der Waals surface area contributed by atoms with E-state index in [2.05, 4.69) is 0 Å². The second kappa shape index (κ2) is 3.29. The second-order valence-electron chi connectivity index (χ2n) is 2.61. The summed E-state index contributed by atoms with van der Waals surface area (Å²) < 4.78 is 12.8. The number of benzene rings is 1. The lowest BCUT2D eigenvalue weighted by molar-refractivity contribution is 0.422. The zero-order valence-electron chi connectivity index (χ0n) is 6.51. The molecule has 0 amide bonds. The van der Waals surface area contributed by atoms with E-state index in [0.29, 0.717) is 5.56 Å². The van der Waals surface area contributed by atoms with Crippen LogP contribution in [-0.4, -0.2) is 5.11 Å². The van der Waals surface area contributed by atoms with Crippen LogP contribution >= 0.6 is 11.6 Å². The molecule has 0 spiro atoms. The van der Waals surface area contributed by atoms with Crippen LogP contribution in [0.2, 0.25) is 5.02 Å². The van der Waals surface area contributed by atoms with E-state index in [1.807, 2.05) is 0 Å². The molecule has 0 aliphatic heterocycles. The molecule has 0 radical (unpaired) electrons. The predicted molar refractivity (Wildman–Crippen MR) is 45.7 cm³/mol. The molecule has 4 heteroatoms. The van der Waals surface area contributed by atoms with Gasteiger partial charge in [0.15, 0.2) is 11.6 Å². The van der Waals surface area contributed by atoms with Crippen molar-refractivity contribution in [2.24, 2.45) is 5.73 Å². The maximum Gasteiger partial charge on any atom is 0.166 e. The molecule has 1 aromatic rings. The van der Waals surface area contributed by atoms with Crippen LogP contribution in [0.3, 0.4) is 0 Å². The summed E-state index contributed by atoms with van der Waals surface area (Å²) in [6.45, 7) is 1.64. The van der Waals surface area contributed by atoms with Crippen molar-refractivity contribution in [2.45, 2.75) is 13.0 Å². The van der Waals surface area contributed by atoms with E-state index in [1.165, 1.54) is 6.07 Å². The average molecular weight is 190 g/mol. The van der Waals surface area contributed by atoms with Crippen LogP contribution < -0.4 is 5.73 Å². The lowest BCUT2D eigenvalue weighted by atomic mass is 10.1. The Balaban J connectivity index is 3.28. The molecule has 0 aromatic heterocycles. The molecule has 1 rings (SSSR count). The summed E-state index contributed by atoms with van der Waals surface area (Å²) in [7, 11) is 0. The normalized spacial score (nSPS) is 13.0. The monoisotopic (exact) mass is 189 g/mol. The first-order valence-electron chi connectivity index (χ1n) is 3.46. The van der Waals surface area contributed by atoms with Crippen LogP contribution in [0.15, 0.2) is 12.1 Å². The van der Waals surface area contributed by atoms with Crippen LogP contribution in [0.5, 0.6) is 5.75 Å². The Morgan fingerprint density at radius 1 is 1.58 bits per heavy atom. The van der Waals surface area contributed by atoms with Gasteiger partial charge in [0.1, 0.15) is 0 Å². The van der Waals surface area contributed by atoms with Gasteiger partial charge in [-0.2, -0.15) is 0 Å². The van der Waals surface area contributed by atoms with Crippen molar-refractivity contribution in [1.82, 2.24) is 0 Å². The molecule has 1 atom stereocenters. The summed E-state index contributed by atoms with van der Waals surface area (Å²) >= 11 is 5.56. The molecule has 0 heterocycles. The average Bonchev–Trinajstić information content (AvgIpc) is 1.96. The Morgan fingerprint density at radius 2 is 2.17 bits per heavy atom. The molecule has 0 aliphatic carbocycles. The number of aromatic hydroxyl groups is 1. The number of halogens is 2. The number of phenols is 1. The van der Waals surface area contributed by atoms with Gasteiger partial charge >= 0.3 is 0 Å². The summed E-state index contributed by atoms with van der Waals surface area (Å²) in [6, 6.07) is 2.06. The molecule has 1 aromatic carbocycles. The number of rotatable bonds is 1. The van der Waals surface area contributed by atoms with Gasteiger partial charge in [-0.3, -0.25) is 0 Å². The SMILES string of the molecule is C[C@@H](N)c1cc(Cl)cc(F)c1O. The summed E-state index contributed by atoms with van der Waals surface area (Å²) in [5, 5.41) is 9.41. The molecule has 0 saturated carbocycles. The van der Waals surface area contributed by atoms with Gasteiger partial charge in [-0.05, 0) is 19.1 Å². The van der Waals surface area contributed by atoms with Crippen molar-refractivity contribution in [1.29, 1.82) is 0 Å². The Kier molecular flexibility index (Phi) is 2.55. The second-order valence-corrected chi connectivity index (χ2v) is 3.05. The van der Waals surface area contributed by atoms with Gasteiger partial charge < -0.3 is 10.8 Å². The zero-order chi connectivity index (χ0) is 9.30. The summed E-state index contributed by atoms with van der Waals surface area (Å²) in [5.74, 6) is -1.16. The van der Waals surface area contributed by atoms with Gasteiger partial charge in [-0.25, -0.2) is 4.39 Å². The highest BCUT2D eigenvalue weighted by Gasteiger charge is 2.11. The summed E-state index contributed by atoms with van der Waals surface area (Å²) in [5.41, 5.74) is 5.79. The number of hydrogen-bond donors (Lipinski definition) is 2. The van der Waals surface area contributed by atoms with Gasteiger partial charge in [0.2, 0.25) is 0 Å². The lowest BCUT2D eigenvalue weighted by Gasteiger charge is -2.08. The predicted octanol–water partition coefficient (Wildman–Crippen LogP) is 2.20. The highest BCUT2D eigenvalue weighted by Crippen LogP contribution is 2.29. The van der Waals surface area contributed by atoms with Crippen molar-refractivity contribution in [2.75, 3.05) is 0 Å². The fraction of sp³-hybridized carbons (Fsp3) is 0.250. The highest BCUT2D eigenvalue weighted by molar-refractivity contribution is 6.30. The third-order valence-corrected chi connectivity index (χ3v) is 1.77. The number of phenolic OH excluding ortho intramolecular Hbond substituents is 1. The topological polar surface area (TPSA) is 46.2 Å². The molecule has 0 bridgehead atoms. The highest BCUT2D eigenvalue weighted by atomic mass is 35.5. The maximum absolute atomic E-state index is 12.8. The maximum atomic E-state index is 12.8. The van der Waals surface area contributed by atoms with E-state index in [0.717, 1.165) is 6.07 Å². The number of hydrogen-bond acceptors (Lipinski definition) is 2. The van der Waals surface area contributed by atoms with Gasteiger partial charge in [0, 0.05) is 16.6 Å². The first-order chi connectivity index (χ1) is 5.52. The smallest absolute Gasteiger partial charge is 0.166 e. The molecule has 0 aliphatic rings. The van der Waals surface area contributed by atoms with E-state index in [4.69, 9.17) is 17.3 Å². The summed E-state index contributed by atoms with van der Waals surface area (Å²) in [4.78, 5) is 0. The Bertz CT molecular complexity index is 301. The molecule has 0 saturated heterocycles. The van der Waals surface area contributed by atoms with Gasteiger partial charge in [0.25, 0.3) is 0 Å². The molecule has 0 unspecified atom stereocenters. The summed E-state index contributed by atoms with van der Waals surface area (Å²) in [6.07, 6.45) is 0. The Labute approximate surface area is 74.8 Å². The van der Waals surface area contributed by atoms with Crippen LogP contribution in [0.25, 0.3) is 0 Å². The van der Waals surface area contributed by atoms with Crippen molar-refractivity contribution in [3.05, 3.63) is 28.5 Å². The molecule has 0 fully saturated rings. The first kappa shape index (κ1) is 9.29. The molecule has 12 heavy (non-hydrogen) atoms. The lowest BCUT2D eigenvalue weighted by Crippen LogP contribution is -2.05. The molecule has 3 N–H and O–H groups in total. The Morgan fingerprint density at radius 3 is 2.67 bits per heavy atom. The largest absolute Gasteiger partial charge is 0.505 e. The molecular formula is C8H9ClFNO.